The zero-order valence-corrected chi connectivity index (χ0v) is 14.3. The first-order valence-corrected chi connectivity index (χ1v) is 8.08. The lowest BCUT2D eigenvalue weighted by Crippen LogP contribution is -2.52. The van der Waals surface area contributed by atoms with E-state index in [9.17, 15) is 4.79 Å². The van der Waals surface area contributed by atoms with Gasteiger partial charge in [-0.25, -0.2) is 9.97 Å². The lowest BCUT2D eigenvalue weighted by molar-refractivity contribution is -0.129. The summed E-state index contributed by atoms with van der Waals surface area (Å²) in [7, 11) is 1.84. The van der Waals surface area contributed by atoms with Crippen LogP contribution >= 0.6 is 0 Å². The molecule has 0 saturated carbocycles. The van der Waals surface area contributed by atoms with Gasteiger partial charge in [0.1, 0.15) is 18.0 Å². The van der Waals surface area contributed by atoms with Crippen LogP contribution in [0.2, 0.25) is 0 Å². The van der Waals surface area contributed by atoms with Crippen LogP contribution in [-0.2, 0) is 9.53 Å². The standard InChI is InChI=1S/C16H25N5O2/c1-12-8-21(10-16(2,3)23-12)14-7-13(17-11-18-14)20-6-5-19(4)15(22)9-20/h7,11-12H,5-6,8-10H2,1-4H3. The number of hydrogen-bond donors (Lipinski definition) is 0. The van der Waals surface area contributed by atoms with Crippen LogP contribution in [0.25, 0.3) is 0 Å². The summed E-state index contributed by atoms with van der Waals surface area (Å²) in [5.41, 5.74) is -0.202. The average molecular weight is 319 g/mol. The number of carbonyl (C=O) groups excluding carboxylic acids is 1. The van der Waals surface area contributed by atoms with Crippen molar-refractivity contribution in [1.29, 1.82) is 0 Å². The first kappa shape index (κ1) is 16.0. The third-order valence-electron chi connectivity index (χ3n) is 4.31. The number of morpholine rings is 1. The van der Waals surface area contributed by atoms with Gasteiger partial charge < -0.3 is 19.4 Å². The summed E-state index contributed by atoms with van der Waals surface area (Å²) >= 11 is 0. The monoisotopic (exact) mass is 319 g/mol. The molecule has 0 aromatic carbocycles. The SMILES string of the molecule is CC1CN(c2cc(N3CCN(C)C(=O)C3)ncn2)CC(C)(C)O1. The van der Waals surface area contributed by atoms with Gasteiger partial charge in [0, 0.05) is 39.3 Å². The Balaban J connectivity index is 1.79. The fourth-order valence-electron chi connectivity index (χ4n) is 3.27. The first-order chi connectivity index (χ1) is 10.8. The molecule has 0 bridgehead atoms. The van der Waals surface area contributed by atoms with Crippen molar-refractivity contribution >= 4 is 17.5 Å². The lowest BCUT2D eigenvalue weighted by Gasteiger charge is -2.42. The van der Waals surface area contributed by atoms with E-state index in [-0.39, 0.29) is 17.6 Å². The van der Waals surface area contributed by atoms with E-state index in [1.807, 2.05) is 18.0 Å². The fourth-order valence-corrected chi connectivity index (χ4v) is 3.27. The van der Waals surface area contributed by atoms with E-state index in [1.54, 1.807) is 11.2 Å². The van der Waals surface area contributed by atoms with Gasteiger partial charge in [0.2, 0.25) is 5.91 Å². The molecule has 2 aliphatic heterocycles. The zero-order valence-electron chi connectivity index (χ0n) is 14.3. The Hall–Kier alpha value is -1.89. The summed E-state index contributed by atoms with van der Waals surface area (Å²) in [6, 6.07) is 1.98. The number of aromatic nitrogens is 2. The molecule has 0 radical (unpaired) electrons. The van der Waals surface area contributed by atoms with Crippen LogP contribution < -0.4 is 9.80 Å². The number of hydrogen-bond acceptors (Lipinski definition) is 6. The topological polar surface area (TPSA) is 61.8 Å². The van der Waals surface area contributed by atoms with Gasteiger partial charge in [-0.1, -0.05) is 0 Å². The van der Waals surface area contributed by atoms with Crippen LogP contribution in [0.15, 0.2) is 12.4 Å². The normalized spacial score (nSPS) is 25.0. The van der Waals surface area contributed by atoms with Crippen molar-refractivity contribution in [3.63, 3.8) is 0 Å². The molecular weight excluding hydrogens is 294 g/mol. The maximum Gasteiger partial charge on any atom is 0.241 e. The summed E-state index contributed by atoms with van der Waals surface area (Å²) in [6.07, 6.45) is 1.74. The first-order valence-electron chi connectivity index (χ1n) is 8.08. The van der Waals surface area contributed by atoms with E-state index in [4.69, 9.17) is 4.74 Å². The van der Waals surface area contributed by atoms with E-state index >= 15 is 0 Å². The lowest BCUT2D eigenvalue weighted by atomic mass is 10.1. The summed E-state index contributed by atoms with van der Waals surface area (Å²) in [6.45, 7) is 9.75. The number of ether oxygens (including phenoxy) is 1. The molecule has 126 valence electrons. The van der Waals surface area contributed by atoms with Gasteiger partial charge in [-0.05, 0) is 20.8 Å². The minimum absolute atomic E-state index is 0.123. The quantitative estimate of drug-likeness (QED) is 0.802. The molecule has 7 nitrogen and oxygen atoms in total. The molecule has 7 heteroatoms. The van der Waals surface area contributed by atoms with Gasteiger partial charge in [-0.2, -0.15) is 0 Å². The van der Waals surface area contributed by atoms with Crippen LogP contribution in [-0.4, -0.2) is 72.3 Å². The molecule has 1 aromatic heterocycles. The molecule has 2 saturated heterocycles. The molecule has 0 spiro atoms. The summed E-state index contributed by atoms with van der Waals surface area (Å²) in [4.78, 5) is 26.7. The van der Waals surface area contributed by atoms with E-state index in [2.05, 4.69) is 35.6 Å². The van der Waals surface area contributed by atoms with Crippen LogP contribution in [0.4, 0.5) is 11.6 Å². The van der Waals surface area contributed by atoms with E-state index in [0.29, 0.717) is 6.54 Å². The molecular formula is C16H25N5O2. The maximum absolute atomic E-state index is 11.9. The van der Waals surface area contributed by atoms with Crippen molar-refractivity contribution in [2.24, 2.45) is 0 Å². The van der Waals surface area contributed by atoms with Crippen LogP contribution in [0.1, 0.15) is 20.8 Å². The maximum atomic E-state index is 11.9. The molecule has 0 N–H and O–H groups in total. The minimum Gasteiger partial charge on any atom is -0.369 e. The largest absolute Gasteiger partial charge is 0.369 e. The van der Waals surface area contributed by atoms with Crippen molar-refractivity contribution in [1.82, 2.24) is 14.9 Å². The molecule has 23 heavy (non-hydrogen) atoms. The highest BCUT2D eigenvalue weighted by Gasteiger charge is 2.32. The van der Waals surface area contributed by atoms with Crippen LogP contribution in [0, 0.1) is 0 Å². The third kappa shape index (κ3) is 3.55. The van der Waals surface area contributed by atoms with Crippen LogP contribution in [0.3, 0.4) is 0 Å². The van der Waals surface area contributed by atoms with Crippen molar-refractivity contribution in [3.8, 4) is 0 Å². The summed E-state index contributed by atoms with van der Waals surface area (Å²) < 4.78 is 5.95. The summed E-state index contributed by atoms with van der Waals surface area (Å²) in [5, 5.41) is 0. The van der Waals surface area contributed by atoms with Gasteiger partial charge in [0.15, 0.2) is 0 Å². The molecule has 1 atom stereocenters. The predicted molar refractivity (Wildman–Crippen MR) is 88.7 cm³/mol. The Morgan fingerprint density at radius 3 is 2.57 bits per heavy atom. The molecule has 1 amide bonds. The zero-order chi connectivity index (χ0) is 16.6. The highest BCUT2D eigenvalue weighted by molar-refractivity contribution is 5.82. The number of carbonyl (C=O) groups is 1. The molecule has 1 aromatic rings. The Morgan fingerprint density at radius 2 is 1.91 bits per heavy atom. The highest BCUT2D eigenvalue weighted by atomic mass is 16.5. The summed E-state index contributed by atoms with van der Waals surface area (Å²) in [5.74, 6) is 1.83. The Bertz CT molecular complexity index is 592. The number of anilines is 2. The number of amides is 1. The Morgan fingerprint density at radius 1 is 1.22 bits per heavy atom. The smallest absolute Gasteiger partial charge is 0.241 e. The second kappa shape index (κ2) is 5.96. The third-order valence-corrected chi connectivity index (χ3v) is 4.31. The average Bonchev–Trinajstić information content (AvgIpc) is 2.48. The van der Waals surface area contributed by atoms with Gasteiger partial charge >= 0.3 is 0 Å². The highest BCUT2D eigenvalue weighted by Crippen LogP contribution is 2.26. The Labute approximate surface area is 137 Å². The van der Waals surface area contributed by atoms with Crippen molar-refractivity contribution in [2.75, 3.05) is 49.6 Å². The Kier molecular flexibility index (Phi) is 4.14. The number of piperazine rings is 1. The van der Waals surface area contributed by atoms with E-state index < -0.39 is 0 Å². The number of nitrogens with zero attached hydrogens (tertiary/aromatic N) is 5. The molecule has 3 heterocycles. The molecule has 2 aliphatic rings. The number of likely N-dealkylation sites (N-methyl/N-ethyl adjacent to an activating group) is 1. The van der Waals surface area contributed by atoms with Crippen molar-refractivity contribution in [2.45, 2.75) is 32.5 Å². The van der Waals surface area contributed by atoms with Gasteiger partial charge in [-0.15, -0.1) is 0 Å². The van der Waals surface area contributed by atoms with Gasteiger partial charge in [0.05, 0.1) is 18.2 Å². The molecule has 0 aliphatic carbocycles. The predicted octanol–water partition coefficient (Wildman–Crippen LogP) is 0.759. The van der Waals surface area contributed by atoms with Gasteiger partial charge in [0.25, 0.3) is 0 Å². The fraction of sp³-hybridized carbons (Fsp3) is 0.688. The molecule has 2 fully saturated rings. The van der Waals surface area contributed by atoms with E-state index in [1.165, 1.54) is 0 Å². The van der Waals surface area contributed by atoms with E-state index in [0.717, 1.165) is 37.8 Å². The second-order valence-corrected chi connectivity index (χ2v) is 7.04. The second-order valence-electron chi connectivity index (χ2n) is 7.04. The molecule has 3 rings (SSSR count). The van der Waals surface area contributed by atoms with Crippen molar-refractivity contribution in [3.05, 3.63) is 12.4 Å². The van der Waals surface area contributed by atoms with Gasteiger partial charge in [-0.3, -0.25) is 4.79 Å². The minimum atomic E-state index is -0.202. The van der Waals surface area contributed by atoms with Crippen LogP contribution in [0.5, 0.6) is 0 Å². The molecule has 1 unspecified atom stereocenters. The van der Waals surface area contributed by atoms with Crippen molar-refractivity contribution < 1.29 is 9.53 Å². The number of rotatable bonds is 2.